The predicted octanol–water partition coefficient (Wildman–Crippen LogP) is 5.75. The minimum atomic E-state index is -0.646. The van der Waals surface area contributed by atoms with Crippen molar-refractivity contribution in [2.75, 3.05) is 0 Å². The molecule has 0 saturated carbocycles. The second-order valence-electron chi connectivity index (χ2n) is 8.84. The number of carbonyl (C=O) groups is 2. The van der Waals surface area contributed by atoms with E-state index in [1.54, 1.807) is 11.0 Å². The fourth-order valence-electron chi connectivity index (χ4n) is 3.93. The van der Waals surface area contributed by atoms with Crippen molar-refractivity contribution >= 4 is 23.4 Å². The molecule has 2 atom stereocenters. The van der Waals surface area contributed by atoms with Crippen molar-refractivity contribution in [2.45, 2.75) is 58.7 Å². The summed E-state index contributed by atoms with van der Waals surface area (Å²) in [5.41, 5.74) is 3.93. The highest BCUT2D eigenvalue weighted by atomic mass is 35.5. The van der Waals surface area contributed by atoms with E-state index in [2.05, 4.69) is 5.32 Å². The van der Waals surface area contributed by atoms with E-state index in [9.17, 15) is 9.59 Å². The number of carbonyl (C=O) groups excluding carboxylic acids is 2. The Morgan fingerprint density at radius 2 is 1.59 bits per heavy atom. The number of hydrogen-bond acceptors (Lipinski definition) is 2. The van der Waals surface area contributed by atoms with Gasteiger partial charge in [-0.15, -0.1) is 0 Å². The summed E-state index contributed by atoms with van der Waals surface area (Å²) in [6, 6.07) is 24.6. The molecule has 34 heavy (non-hydrogen) atoms. The molecule has 0 radical (unpaired) electrons. The van der Waals surface area contributed by atoms with Crippen LogP contribution < -0.4 is 5.32 Å². The summed E-state index contributed by atoms with van der Waals surface area (Å²) in [6.07, 6.45) is 1.47. The maximum absolute atomic E-state index is 13.7. The summed E-state index contributed by atoms with van der Waals surface area (Å²) in [5.74, 6) is -0.233. The van der Waals surface area contributed by atoms with E-state index in [0.717, 1.165) is 28.7 Å². The van der Waals surface area contributed by atoms with Gasteiger partial charge in [0.2, 0.25) is 11.8 Å². The lowest BCUT2D eigenvalue weighted by Crippen LogP contribution is -2.52. The molecule has 3 aromatic rings. The number of hydrogen-bond donors (Lipinski definition) is 1. The zero-order valence-electron chi connectivity index (χ0n) is 20.1. The standard InChI is InChI=1S/C29H33ClN2O2/c1-4-22(3)31-29(34)27(18-23-11-6-5-7-12-23)32(20-25-14-9-15-26(30)17-25)28(33)19-24-13-8-10-21(2)16-24/h5-17,22,27H,4,18-20H2,1-3H3,(H,31,34)/t22-,27+/m0/s1. The van der Waals surface area contributed by atoms with Gasteiger partial charge in [0.15, 0.2) is 0 Å². The first-order valence-corrected chi connectivity index (χ1v) is 12.2. The van der Waals surface area contributed by atoms with Crippen LogP contribution >= 0.6 is 11.6 Å². The fourth-order valence-corrected chi connectivity index (χ4v) is 4.14. The van der Waals surface area contributed by atoms with Crippen LogP contribution in [-0.4, -0.2) is 28.8 Å². The van der Waals surface area contributed by atoms with E-state index in [-0.39, 0.29) is 24.3 Å². The average Bonchev–Trinajstić information content (AvgIpc) is 2.81. The van der Waals surface area contributed by atoms with Crippen LogP contribution in [0.3, 0.4) is 0 Å². The Morgan fingerprint density at radius 3 is 2.26 bits per heavy atom. The first kappa shape index (κ1) is 25.5. The molecule has 0 bridgehead atoms. The number of benzene rings is 3. The highest BCUT2D eigenvalue weighted by Crippen LogP contribution is 2.19. The van der Waals surface area contributed by atoms with Gasteiger partial charge in [-0.05, 0) is 49.1 Å². The molecule has 0 fully saturated rings. The molecule has 5 heteroatoms. The van der Waals surface area contributed by atoms with Crippen LogP contribution in [0.2, 0.25) is 5.02 Å². The van der Waals surface area contributed by atoms with Gasteiger partial charge in [0, 0.05) is 24.0 Å². The molecule has 1 N–H and O–H groups in total. The van der Waals surface area contributed by atoms with Crippen LogP contribution in [0.5, 0.6) is 0 Å². The average molecular weight is 477 g/mol. The highest BCUT2D eigenvalue weighted by molar-refractivity contribution is 6.30. The van der Waals surface area contributed by atoms with Gasteiger partial charge in [-0.25, -0.2) is 0 Å². The van der Waals surface area contributed by atoms with E-state index < -0.39 is 6.04 Å². The SMILES string of the molecule is CC[C@H](C)NC(=O)[C@@H](Cc1ccccc1)N(Cc1cccc(Cl)c1)C(=O)Cc1cccc(C)c1. The van der Waals surface area contributed by atoms with Crippen LogP contribution in [0.1, 0.15) is 42.5 Å². The van der Waals surface area contributed by atoms with Crippen molar-refractivity contribution in [1.29, 1.82) is 0 Å². The number of halogens is 1. The van der Waals surface area contributed by atoms with Crippen molar-refractivity contribution in [1.82, 2.24) is 10.2 Å². The van der Waals surface area contributed by atoms with Gasteiger partial charge < -0.3 is 10.2 Å². The second kappa shape index (κ2) is 12.4. The zero-order valence-corrected chi connectivity index (χ0v) is 20.9. The fraction of sp³-hybridized carbons (Fsp3) is 0.310. The van der Waals surface area contributed by atoms with Crippen LogP contribution in [0.25, 0.3) is 0 Å². The lowest BCUT2D eigenvalue weighted by atomic mass is 10.0. The molecule has 0 heterocycles. The Hall–Kier alpha value is -3.11. The third-order valence-corrected chi connectivity index (χ3v) is 6.19. The lowest BCUT2D eigenvalue weighted by Gasteiger charge is -2.32. The van der Waals surface area contributed by atoms with Gasteiger partial charge in [-0.3, -0.25) is 9.59 Å². The van der Waals surface area contributed by atoms with Crippen molar-refractivity contribution in [2.24, 2.45) is 0 Å². The van der Waals surface area contributed by atoms with Crippen LogP contribution in [0.15, 0.2) is 78.9 Å². The van der Waals surface area contributed by atoms with Gasteiger partial charge in [-0.2, -0.15) is 0 Å². The molecule has 0 aromatic heterocycles. The van der Waals surface area contributed by atoms with Crippen LogP contribution in [0.4, 0.5) is 0 Å². The molecule has 0 aliphatic heterocycles. The Labute approximate surface area is 207 Å². The molecule has 178 valence electrons. The Bertz CT molecular complexity index is 1100. The molecule has 3 rings (SSSR count). The minimum Gasteiger partial charge on any atom is -0.352 e. The number of amides is 2. The number of nitrogens with one attached hydrogen (secondary N) is 1. The summed E-state index contributed by atoms with van der Waals surface area (Å²) in [5, 5.41) is 3.70. The summed E-state index contributed by atoms with van der Waals surface area (Å²) in [6.45, 7) is 6.32. The van der Waals surface area contributed by atoms with Crippen LogP contribution in [-0.2, 0) is 29.0 Å². The van der Waals surface area contributed by atoms with E-state index in [1.165, 1.54) is 0 Å². The summed E-state index contributed by atoms with van der Waals surface area (Å²) >= 11 is 6.23. The number of nitrogens with zero attached hydrogens (tertiary/aromatic N) is 1. The monoisotopic (exact) mass is 476 g/mol. The third-order valence-electron chi connectivity index (χ3n) is 5.95. The normalized spacial score (nSPS) is 12.6. The summed E-state index contributed by atoms with van der Waals surface area (Å²) < 4.78 is 0. The molecule has 0 unspecified atom stereocenters. The number of aryl methyl sites for hydroxylation is 1. The molecule has 2 amide bonds. The molecule has 0 spiro atoms. The molecule has 4 nitrogen and oxygen atoms in total. The zero-order chi connectivity index (χ0) is 24.5. The third kappa shape index (κ3) is 7.46. The van der Waals surface area contributed by atoms with Gasteiger partial charge in [0.05, 0.1) is 6.42 Å². The van der Waals surface area contributed by atoms with Crippen molar-refractivity contribution in [3.05, 3.63) is 106 Å². The first-order chi connectivity index (χ1) is 16.4. The Balaban J connectivity index is 1.97. The lowest BCUT2D eigenvalue weighted by molar-refractivity contribution is -0.141. The van der Waals surface area contributed by atoms with Crippen molar-refractivity contribution in [3.63, 3.8) is 0 Å². The van der Waals surface area contributed by atoms with Gasteiger partial charge in [0.25, 0.3) is 0 Å². The smallest absolute Gasteiger partial charge is 0.243 e. The topological polar surface area (TPSA) is 49.4 Å². The van der Waals surface area contributed by atoms with Gasteiger partial charge in [-0.1, -0.05) is 90.8 Å². The first-order valence-electron chi connectivity index (χ1n) is 11.8. The van der Waals surface area contributed by atoms with Gasteiger partial charge >= 0.3 is 0 Å². The molecule has 0 aliphatic carbocycles. The summed E-state index contributed by atoms with van der Waals surface area (Å²) in [4.78, 5) is 28.9. The van der Waals surface area contributed by atoms with E-state index in [0.29, 0.717) is 18.0 Å². The van der Waals surface area contributed by atoms with E-state index in [1.807, 2.05) is 93.6 Å². The molecule has 0 saturated heterocycles. The largest absolute Gasteiger partial charge is 0.352 e. The van der Waals surface area contributed by atoms with Crippen molar-refractivity contribution in [3.8, 4) is 0 Å². The quantitative estimate of drug-likeness (QED) is 0.405. The van der Waals surface area contributed by atoms with Crippen molar-refractivity contribution < 1.29 is 9.59 Å². The minimum absolute atomic E-state index is 0.0191. The predicted molar refractivity (Wildman–Crippen MR) is 139 cm³/mol. The Morgan fingerprint density at radius 1 is 0.912 bits per heavy atom. The Kier molecular flexibility index (Phi) is 9.29. The maximum Gasteiger partial charge on any atom is 0.243 e. The molecular weight excluding hydrogens is 444 g/mol. The number of rotatable bonds is 10. The summed E-state index contributed by atoms with van der Waals surface area (Å²) in [7, 11) is 0. The maximum atomic E-state index is 13.7. The second-order valence-corrected chi connectivity index (χ2v) is 9.28. The van der Waals surface area contributed by atoms with E-state index >= 15 is 0 Å². The highest BCUT2D eigenvalue weighted by Gasteiger charge is 2.31. The molecule has 3 aromatic carbocycles. The molecular formula is C29H33ClN2O2. The van der Waals surface area contributed by atoms with E-state index in [4.69, 9.17) is 11.6 Å². The molecule has 0 aliphatic rings. The van der Waals surface area contributed by atoms with Crippen LogP contribution in [0, 0.1) is 6.92 Å². The van der Waals surface area contributed by atoms with Gasteiger partial charge in [0.1, 0.15) is 6.04 Å².